The van der Waals surface area contributed by atoms with E-state index in [1.807, 2.05) is 12.3 Å². The molecule has 0 aliphatic carbocycles. The van der Waals surface area contributed by atoms with Crippen molar-refractivity contribution in [1.29, 1.82) is 5.26 Å². The van der Waals surface area contributed by atoms with Crippen LogP contribution in [0.5, 0.6) is 5.75 Å². The van der Waals surface area contributed by atoms with Gasteiger partial charge >= 0.3 is 0 Å². The van der Waals surface area contributed by atoms with Crippen molar-refractivity contribution in [1.82, 2.24) is 15.2 Å². The second kappa shape index (κ2) is 5.32. The molecule has 0 saturated carbocycles. The predicted molar refractivity (Wildman–Crippen MR) is 81.6 cm³/mol. The van der Waals surface area contributed by atoms with E-state index in [1.54, 1.807) is 25.4 Å². The lowest BCUT2D eigenvalue weighted by Gasteiger charge is -2.12. The van der Waals surface area contributed by atoms with Crippen molar-refractivity contribution in [3.05, 3.63) is 34.7 Å². The van der Waals surface area contributed by atoms with Crippen molar-refractivity contribution in [3.63, 3.8) is 0 Å². The number of aromatic amines is 2. The molecule has 1 unspecified atom stereocenters. The zero-order chi connectivity index (χ0) is 15.0. The monoisotopic (exact) mass is 320 g/mol. The number of benzene rings is 1. The van der Waals surface area contributed by atoms with Crippen LogP contribution in [0.4, 0.5) is 0 Å². The molecule has 0 bridgehead atoms. The Morgan fingerprint density at radius 1 is 1.38 bits per heavy atom. The van der Waals surface area contributed by atoms with Crippen LogP contribution in [-0.2, 0) is 0 Å². The number of fused-ring (bicyclic) bond motifs is 1. The molecular formula is C14H10Cl2N4O. The molecule has 0 amide bonds. The van der Waals surface area contributed by atoms with Crippen molar-refractivity contribution in [2.45, 2.75) is 13.0 Å². The van der Waals surface area contributed by atoms with Crippen molar-refractivity contribution in [2.75, 3.05) is 0 Å². The van der Waals surface area contributed by atoms with E-state index in [-0.39, 0.29) is 0 Å². The molecule has 0 aliphatic rings. The molecule has 5 nitrogen and oxygen atoms in total. The molecule has 7 heteroatoms. The third kappa shape index (κ3) is 2.33. The zero-order valence-electron chi connectivity index (χ0n) is 10.9. The summed E-state index contributed by atoms with van der Waals surface area (Å²) in [5, 5.41) is 17.2. The second-order valence-electron chi connectivity index (χ2n) is 4.50. The average molecular weight is 321 g/mol. The largest absolute Gasteiger partial charge is 0.475 e. The van der Waals surface area contributed by atoms with Gasteiger partial charge in [-0.2, -0.15) is 10.4 Å². The van der Waals surface area contributed by atoms with Gasteiger partial charge in [-0.3, -0.25) is 5.10 Å². The van der Waals surface area contributed by atoms with Crippen LogP contribution in [0.25, 0.3) is 22.0 Å². The van der Waals surface area contributed by atoms with Crippen molar-refractivity contribution >= 4 is 34.1 Å². The van der Waals surface area contributed by atoms with Gasteiger partial charge in [-0.05, 0) is 6.92 Å². The molecule has 1 aromatic carbocycles. The molecular weight excluding hydrogens is 311 g/mol. The summed E-state index contributed by atoms with van der Waals surface area (Å²) < 4.78 is 5.65. The average Bonchev–Trinajstić information content (AvgIpc) is 3.12. The smallest absolute Gasteiger partial charge is 0.181 e. The Kier molecular flexibility index (Phi) is 3.50. The van der Waals surface area contributed by atoms with Gasteiger partial charge in [0.2, 0.25) is 0 Å². The number of rotatable bonds is 3. The molecule has 1 atom stereocenters. The molecule has 2 N–H and O–H groups in total. The van der Waals surface area contributed by atoms with Gasteiger partial charge < -0.3 is 9.72 Å². The maximum Gasteiger partial charge on any atom is 0.181 e. The topological polar surface area (TPSA) is 77.5 Å². The molecule has 2 aromatic heterocycles. The Morgan fingerprint density at radius 3 is 2.86 bits per heavy atom. The Hall–Kier alpha value is -2.16. The first-order chi connectivity index (χ1) is 10.1. The normalized spacial score (nSPS) is 12.3. The fourth-order valence-electron chi connectivity index (χ4n) is 2.16. The maximum atomic E-state index is 8.94. The number of nitriles is 1. The van der Waals surface area contributed by atoms with E-state index in [0.29, 0.717) is 21.3 Å². The van der Waals surface area contributed by atoms with Gasteiger partial charge in [0.05, 0.1) is 27.1 Å². The first-order valence-corrected chi connectivity index (χ1v) is 6.92. The van der Waals surface area contributed by atoms with E-state index in [9.17, 15) is 0 Å². The van der Waals surface area contributed by atoms with Gasteiger partial charge in [-0.1, -0.05) is 23.2 Å². The molecule has 3 aromatic rings. The highest BCUT2D eigenvalue weighted by molar-refractivity contribution is 6.45. The Morgan fingerprint density at radius 2 is 2.19 bits per heavy atom. The quantitative estimate of drug-likeness (QED) is 0.760. The molecule has 0 radical (unpaired) electrons. The Balaban J connectivity index is 2.28. The van der Waals surface area contributed by atoms with E-state index in [0.717, 1.165) is 16.5 Å². The highest BCUT2D eigenvalue weighted by Gasteiger charge is 2.18. The number of H-pyrrole nitrogens is 2. The Bertz CT molecular complexity index is 833. The third-order valence-electron chi connectivity index (χ3n) is 3.11. The van der Waals surface area contributed by atoms with Crippen LogP contribution in [0, 0.1) is 11.3 Å². The summed E-state index contributed by atoms with van der Waals surface area (Å²) in [5.74, 6) is 0.505. The molecule has 0 aliphatic heterocycles. The van der Waals surface area contributed by atoms with Crippen LogP contribution >= 0.6 is 23.2 Å². The minimum atomic E-state index is -0.599. The van der Waals surface area contributed by atoms with Crippen LogP contribution in [0.1, 0.15) is 6.92 Å². The van der Waals surface area contributed by atoms with Gasteiger partial charge in [0.1, 0.15) is 11.8 Å². The summed E-state index contributed by atoms with van der Waals surface area (Å²) in [4.78, 5) is 3.10. The molecule has 0 fully saturated rings. The van der Waals surface area contributed by atoms with Gasteiger partial charge in [-0.25, -0.2) is 0 Å². The molecule has 3 rings (SSSR count). The maximum absolute atomic E-state index is 8.94. The standard InChI is InChI=1S/C14H10Cl2N4O/c1-7(3-17)21-11-2-10(15)13(16)14-12(11)9(6-18-14)8-4-19-20-5-8/h2,4-7,18H,1H3,(H,19,20). The van der Waals surface area contributed by atoms with Crippen molar-refractivity contribution in [2.24, 2.45) is 0 Å². The highest BCUT2D eigenvalue weighted by atomic mass is 35.5. The Labute approximate surface area is 130 Å². The van der Waals surface area contributed by atoms with Gasteiger partial charge in [0, 0.05) is 29.6 Å². The van der Waals surface area contributed by atoms with E-state index >= 15 is 0 Å². The van der Waals surface area contributed by atoms with E-state index < -0.39 is 6.10 Å². The number of hydrogen-bond donors (Lipinski definition) is 2. The lowest BCUT2D eigenvalue weighted by molar-refractivity contribution is 0.280. The minimum Gasteiger partial charge on any atom is -0.475 e. The molecule has 2 heterocycles. The lowest BCUT2D eigenvalue weighted by Crippen LogP contribution is -2.08. The predicted octanol–water partition coefficient (Wildman–Crippen LogP) is 4.16. The fourth-order valence-corrected chi connectivity index (χ4v) is 2.56. The van der Waals surface area contributed by atoms with Crippen LogP contribution in [0.15, 0.2) is 24.7 Å². The van der Waals surface area contributed by atoms with Gasteiger partial charge in [0.25, 0.3) is 0 Å². The summed E-state index contributed by atoms with van der Waals surface area (Å²) in [5.41, 5.74) is 2.42. The number of nitrogens with zero attached hydrogens (tertiary/aromatic N) is 2. The highest BCUT2D eigenvalue weighted by Crippen LogP contribution is 2.42. The number of nitrogens with one attached hydrogen (secondary N) is 2. The van der Waals surface area contributed by atoms with Crippen molar-refractivity contribution in [3.8, 4) is 22.9 Å². The summed E-state index contributed by atoms with van der Waals surface area (Å²) >= 11 is 12.4. The summed E-state index contributed by atoms with van der Waals surface area (Å²) in [6, 6.07) is 3.65. The van der Waals surface area contributed by atoms with Crippen LogP contribution < -0.4 is 4.74 Å². The number of hydrogen-bond acceptors (Lipinski definition) is 3. The summed E-state index contributed by atoms with van der Waals surface area (Å²) in [6.45, 7) is 1.67. The summed E-state index contributed by atoms with van der Waals surface area (Å²) in [6.07, 6.45) is 4.67. The lowest BCUT2D eigenvalue weighted by atomic mass is 10.1. The van der Waals surface area contributed by atoms with Gasteiger partial charge in [-0.15, -0.1) is 0 Å². The zero-order valence-corrected chi connectivity index (χ0v) is 12.5. The number of aromatic nitrogens is 3. The SMILES string of the molecule is CC(C#N)Oc1cc(Cl)c(Cl)c2[nH]cc(-c3cn[nH]c3)c12. The first-order valence-electron chi connectivity index (χ1n) is 6.16. The number of halogens is 2. The summed E-state index contributed by atoms with van der Waals surface area (Å²) in [7, 11) is 0. The third-order valence-corrected chi connectivity index (χ3v) is 3.90. The van der Waals surface area contributed by atoms with Crippen LogP contribution in [0.3, 0.4) is 0 Å². The molecule has 0 spiro atoms. The number of ether oxygens (including phenoxy) is 1. The molecule has 21 heavy (non-hydrogen) atoms. The van der Waals surface area contributed by atoms with E-state index in [4.69, 9.17) is 33.2 Å². The second-order valence-corrected chi connectivity index (χ2v) is 5.28. The fraction of sp³-hybridized carbons (Fsp3) is 0.143. The minimum absolute atomic E-state index is 0.366. The molecule has 106 valence electrons. The van der Waals surface area contributed by atoms with Crippen LogP contribution in [-0.4, -0.2) is 21.3 Å². The molecule has 0 saturated heterocycles. The van der Waals surface area contributed by atoms with Crippen LogP contribution in [0.2, 0.25) is 10.0 Å². The van der Waals surface area contributed by atoms with E-state index in [1.165, 1.54) is 0 Å². The van der Waals surface area contributed by atoms with E-state index in [2.05, 4.69) is 15.2 Å². The van der Waals surface area contributed by atoms with Gasteiger partial charge in [0.15, 0.2) is 6.10 Å². The first kappa shape index (κ1) is 13.8. The van der Waals surface area contributed by atoms with Crippen molar-refractivity contribution < 1.29 is 4.74 Å².